The van der Waals surface area contributed by atoms with Crippen molar-refractivity contribution in [3.63, 3.8) is 0 Å². The molecule has 0 unspecified atom stereocenters. The van der Waals surface area contributed by atoms with Crippen molar-refractivity contribution in [1.82, 2.24) is 10.2 Å². The third-order valence-corrected chi connectivity index (χ3v) is 3.68. The lowest BCUT2D eigenvalue weighted by molar-refractivity contribution is -0.120. The molecule has 0 bridgehead atoms. The Labute approximate surface area is 137 Å². The Morgan fingerprint density at radius 3 is 2.71 bits per heavy atom. The molecule has 0 spiro atoms. The normalized spacial score (nSPS) is 11.8. The average Bonchev–Trinajstić information content (AvgIpc) is 2.85. The molecule has 0 aliphatic carbocycles. The molecule has 3 aromatic rings. The van der Waals surface area contributed by atoms with Crippen molar-refractivity contribution in [3.05, 3.63) is 35.4 Å². The van der Waals surface area contributed by atoms with Gasteiger partial charge < -0.3 is 14.9 Å². The van der Waals surface area contributed by atoms with Crippen LogP contribution in [0.1, 0.15) is 11.1 Å². The van der Waals surface area contributed by atoms with E-state index in [1.54, 1.807) is 18.2 Å². The van der Waals surface area contributed by atoms with E-state index in [2.05, 4.69) is 20.1 Å². The van der Waals surface area contributed by atoms with Gasteiger partial charge in [-0.3, -0.25) is 4.79 Å². The molecule has 8 nitrogen and oxygen atoms in total. The van der Waals surface area contributed by atoms with Crippen molar-refractivity contribution < 1.29 is 21.2 Å². The summed E-state index contributed by atoms with van der Waals surface area (Å²) in [6.45, 7) is 3.75. The van der Waals surface area contributed by atoms with Crippen molar-refractivity contribution >= 4 is 28.6 Å². The molecule has 0 fully saturated rings. The van der Waals surface area contributed by atoms with Gasteiger partial charge >= 0.3 is 0 Å². The van der Waals surface area contributed by atoms with Crippen LogP contribution < -0.4 is 4.74 Å². The lowest BCUT2D eigenvalue weighted by atomic mass is 10.0. The molecule has 0 saturated heterocycles. The second-order valence-electron chi connectivity index (χ2n) is 5.13. The number of azo groups is 1. The number of aryl methyl sites for hydroxylation is 2. The molecule has 24 heavy (non-hydrogen) atoms. The van der Waals surface area contributed by atoms with Gasteiger partial charge in [0.2, 0.25) is 11.6 Å². The predicted octanol–water partition coefficient (Wildman–Crippen LogP) is 3.54. The number of phenolic OH excluding ortho intramolecular Hbond substituents is 1. The van der Waals surface area contributed by atoms with Gasteiger partial charge in [-0.05, 0) is 42.5 Å². The molecule has 0 amide bonds. The topological polar surface area (TPSA) is 120 Å². The van der Waals surface area contributed by atoms with E-state index in [4.69, 9.17) is 1.41 Å². The molecule has 122 valence electrons. The number of hydrogen-bond acceptors (Lipinski definition) is 7. The molecule has 0 atom stereocenters. The third-order valence-electron chi connectivity index (χ3n) is 3.68. The molecular weight excluding hydrogens is 312 g/mol. The smallest absolute Gasteiger partial charge is 0.299 e. The van der Waals surface area contributed by atoms with Crippen LogP contribution in [0.3, 0.4) is 0 Å². The van der Waals surface area contributed by atoms with Gasteiger partial charge in [0.1, 0.15) is 5.75 Å². The van der Waals surface area contributed by atoms with Crippen LogP contribution >= 0.6 is 0 Å². The summed E-state index contributed by atoms with van der Waals surface area (Å²) in [6, 6.07) is 7.06. The lowest BCUT2D eigenvalue weighted by Crippen LogP contribution is -1.88. The first-order valence-corrected chi connectivity index (χ1v) is 6.99. The van der Waals surface area contributed by atoms with Crippen LogP contribution in [0.2, 0.25) is 1.41 Å². The van der Waals surface area contributed by atoms with Crippen LogP contribution in [0.5, 0.6) is 17.5 Å². The molecular formula is C16H14N4O4. The van der Waals surface area contributed by atoms with E-state index in [-0.39, 0.29) is 23.8 Å². The minimum Gasteiger partial charge on any atom is -0.507 e. The van der Waals surface area contributed by atoms with Crippen LogP contribution in [-0.4, -0.2) is 26.9 Å². The maximum absolute atomic E-state index is 10.5. The highest BCUT2D eigenvalue weighted by molar-refractivity contribution is 5.94. The summed E-state index contributed by atoms with van der Waals surface area (Å²) in [5.74, 6) is -0.718. The Kier molecular flexibility index (Phi) is 3.54. The van der Waals surface area contributed by atoms with Gasteiger partial charge in [0.15, 0.2) is 1.41 Å². The average molecular weight is 327 g/mol. The first-order valence-electron chi connectivity index (χ1n) is 7.44. The predicted molar refractivity (Wildman–Crippen MR) is 86.2 cm³/mol. The van der Waals surface area contributed by atoms with Crippen LogP contribution in [-0.2, 0) is 4.79 Å². The number of carbonyl (C=O) groups is 1. The number of fused-ring (bicyclic) bond motifs is 1. The second-order valence-corrected chi connectivity index (χ2v) is 5.13. The van der Waals surface area contributed by atoms with Gasteiger partial charge in [-0.25, -0.2) is 5.09 Å². The van der Waals surface area contributed by atoms with Gasteiger partial charge in [-0.15, -0.1) is 15.3 Å². The minimum absolute atomic E-state index is 0.118. The highest BCUT2D eigenvalue weighted by Gasteiger charge is 2.14. The van der Waals surface area contributed by atoms with E-state index in [9.17, 15) is 15.0 Å². The first kappa shape index (κ1) is 14.2. The number of H-pyrrole nitrogens is 1. The van der Waals surface area contributed by atoms with E-state index in [1.807, 2.05) is 19.9 Å². The highest BCUT2D eigenvalue weighted by atomic mass is 16.5. The summed E-state index contributed by atoms with van der Waals surface area (Å²) in [4.78, 5) is 10.5. The summed E-state index contributed by atoms with van der Waals surface area (Å²) < 4.78 is 11.9. The fraction of sp³-hybridized carbons (Fsp3) is 0.125. The van der Waals surface area contributed by atoms with Gasteiger partial charge in [-0.1, -0.05) is 12.1 Å². The number of benzene rings is 2. The number of rotatable bonds is 4. The highest BCUT2D eigenvalue weighted by Crippen LogP contribution is 2.37. The monoisotopic (exact) mass is 327 g/mol. The van der Waals surface area contributed by atoms with Crippen molar-refractivity contribution in [3.8, 4) is 17.5 Å². The van der Waals surface area contributed by atoms with E-state index >= 15 is 0 Å². The van der Waals surface area contributed by atoms with E-state index < -0.39 is 5.88 Å². The Hall–Kier alpha value is -3.42. The number of nitrogens with one attached hydrogen (secondary N) is 1. The summed E-state index contributed by atoms with van der Waals surface area (Å²) >= 11 is 0. The molecule has 3 rings (SSSR count). The van der Waals surface area contributed by atoms with Gasteiger partial charge in [0, 0.05) is 5.39 Å². The van der Waals surface area contributed by atoms with E-state index in [0.29, 0.717) is 16.2 Å². The lowest BCUT2D eigenvalue weighted by Gasteiger charge is -2.08. The molecule has 0 saturated carbocycles. The SMILES string of the molecule is [2H]n1nc(OC=O)c(N=Nc2ccc3c(O)c(C)ccc3c2C)c1O. The molecule has 8 heteroatoms. The van der Waals surface area contributed by atoms with Gasteiger partial charge in [0.25, 0.3) is 12.4 Å². The maximum atomic E-state index is 10.5. The molecule has 0 radical (unpaired) electrons. The number of carbonyl (C=O) groups excluding carboxylic acids is 1. The Morgan fingerprint density at radius 1 is 1.21 bits per heavy atom. The van der Waals surface area contributed by atoms with Crippen molar-refractivity contribution in [2.75, 3.05) is 0 Å². The van der Waals surface area contributed by atoms with Crippen molar-refractivity contribution in [2.24, 2.45) is 10.2 Å². The number of ether oxygens (including phenoxy) is 1. The standard InChI is InChI=1S/C16H14N4O4/c1-8-3-4-10-9(2)12(6-5-11(10)14(8)22)17-18-13-15(23)19-20-16(13)24-7-21/h3-7,22H,1-2H3,(H2,19,20,23)/i/hD. The molecule has 2 aromatic carbocycles. The van der Waals surface area contributed by atoms with Crippen LogP contribution in [0.4, 0.5) is 11.4 Å². The van der Waals surface area contributed by atoms with Gasteiger partial charge in [0.05, 0.1) is 5.69 Å². The third kappa shape index (κ3) is 2.54. The van der Waals surface area contributed by atoms with Crippen LogP contribution in [0.25, 0.3) is 10.8 Å². The van der Waals surface area contributed by atoms with Crippen LogP contribution in [0.15, 0.2) is 34.5 Å². The molecule has 0 aliphatic rings. The van der Waals surface area contributed by atoms with Crippen LogP contribution in [0, 0.1) is 13.8 Å². The number of hydrogen-bond donors (Lipinski definition) is 3. The Balaban J connectivity index is 2.07. The maximum Gasteiger partial charge on any atom is 0.299 e. The minimum atomic E-state index is -0.604. The van der Waals surface area contributed by atoms with E-state index in [1.165, 1.54) is 0 Å². The Bertz CT molecular complexity index is 1010. The van der Waals surface area contributed by atoms with Crippen molar-refractivity contribution in [2.45, 2.75) is 13.8 Å². The first-order chi connectivity index (χ1) is 11.9. The largest absolute Gasteiger partial charge is 0.507 e. The number of aromatic nitrogens is 2. The zero-order valence-corrected chi connectivity index (χ0v) is 12.9. The summed E-state index contributed by atoms with van der Waals surface area (Å²) in [7, 11) is 0. The number of nitrogens with zero attached hydrogens (tertiary/aromatic N) is 3. The summed E-state index contributed by atoms with van der Waals surface area (Å²) in [5.41, 5.74) is 1.80. The fourth-order valence-corrected chi connectivity index (χ4v) is 2.35. The second kappa shape index (κ2) is 5.99. The Morgan fingerprint density at radius 2 is 1.96 bits per heavy atom. The summed E-state index contributed by atoms with van der Waals surface area (Å²) in [6.07, 6.45) is 0. The van der Waals surface area contributed by atoms with E-state index in [0.717, 1.165) is 16.5 Å². The quantitative estimate of drug-likeness (QED) is 0.500. The van der Waals surface area contributed by atoms with Crippen molar-refractivity contribution in [1.29, 1.82) is 0 Å². The number of aromatic hydroxyl groups is 2. The zero-order valence-electron chi connectivity index (χ0n) is 13.9. The molecule has 1 heterocycles. The molecule has 1 aromatic heterocycles. The number of aromatic amines is 1. The number of phenols is 1. The molecule has 3 N–H and O–H groups in total. The fourth-order valence-electron chi connectivity index (χ4n) is 2.35. The zero-order chi connectivity index (χ0) is 18.1. The van der Waals surface area contributed by atoms with Gasteiger partial charge in [-0.2, -0.15) is 0 Å². The molecule has 0 aliphatic heterocycles. The summed E-state index contributed by atoms with van der Waals surface area (Å²) in [5, 5.41) is 33.2.